The molecular weight excluding hydrogens is 338 g/mol. The molecular formula is C22H31N3O2. The summed E-state index contributed by atoms with van der Waals surface area (Å²) in [5.74, 6) is 0.803. The minimum Gasteiger partial charge on any atom is -0.383 e. The van der Waals surface area contributed by atoms with E-state index in [9.17, 15) is 0 Å². The van der Waals surface area contributed by atoms with Crippen molar-refractivity contribution in [2.45, 2.75) is 39.6 Å². The molecule has 2 N–H and O–H groups in total. The molecule has 27 heavy (non-hydrogen) atoms. The minimum absolute atomic E-state index is 0.205. The predicted octanol–water partition coefficient (Wildman–Crippen LogP) is 3.49. The van der Waals surface area contributed by atoms with E-state index in [1.807, 2.05) is 18.2 Å². The largest absolute Gasteiger partial charge is 0.383 e. The third-order valence-corrected chi connectivity index (χ3v) is 3.97. The first-order chi connectivity index (χ1) is 13.2. The van der Waals surface area contributed by atoms with E-state index >= 15 is 0 Å². The van der Waals surface area contributed by atoms with Crippen molar-refractivity contribution < 1.29 is 9.47 Å². The van der Waals surface area contributed by atoms with Gasteiger partial charge in [0.05, 0.1) is 26.4 Å². The molecule has 0 aliphatic heterocycles. The second kappa shape index (κ2) is 12.1. The standard InChI is InChI=1S/C22H31N3O2/c1-4-23-22(25-18(2)15-26-3)24-14-19-10-12-21(13-11-19)17-27-16-20-8-6-5-7-9-20/h5-13,18H,4,14-17H2,1-3H3,(H2,23,24,25). The molecule has 0 spiro atoms. The summed E-state index contributed by atoms with van der Waals surface area (Å²) < 4.78 is 10.9. The number of nitrogens with one attached hydrogen (secondary N) is 2. The van der Waals surface area contributed by atoms with Crippen molar-refractivity contribution >= 4 is 5.96 Å². The lowest BCUT2D eigenvalue weighted by atomic mass is 10.1. The first-order valence-electron chi connectivity index (χ1n) is 9.44. The first kappa shape index (κ1) is 20.9. The van der Waals surface area contributed by atoms with Crippen molar-refractivity contribution in [3.05, 3.63) is 71.3 Å². The highest BCUT2D eigenvalue weighted by Gasteiger charge is 2.04. The van der Waals surface area contributed by atoms with Gasteiger partial charge in [-0.15, -0.1) is 0 Å². The molecule has 0 aliphatic rings. The Morgan fingerprint density at radius 1 is 0.963 bits per heavy atom. The Labute approximate surface area is 162 Å². The SMILES string of the molecule is CCNC(=NCc1ccc(COCc2ccccc2)cc1)NC(C)COC. The van der Waals surface area contributed by atoms with Gasteiger partial charge in [0.1, 0.15) is 0 Å². The first-order valence-corrected chi connectivity index (χ1v) is 9.44. The molecule has 0 saturated carbocycles. The highest BCUT2D eigenvalue weighted by Crippen LogP contribution is 2.09. The number of benzene rings is 2. The van der Waals surface area contributed by atoms with E-state index in [0.29, 0.717) is 26.4 Å². The van der Waals surface area contributed by atoms with Crippen molar-refractivity contribution in [2.24, 2.45) is 4.99 Å². The summed E-state index contributed by atoms with van der Waals surface area (Å²) in [5.41, 5.74) is 3.52. The molecule has 0 radical (unpaired) electrons. The fourth-order valence-electron chi connectivity index (χ4n) is 2.62. The van der Waals surface area contributed by atoms with Gasteiger partial charge in [-0.05, 0) is 30.5 Å². The highest BCUT2D eigenvalue weighted by atomic mass is 16.5. The van der Waals surface area contributed by atoms with E-state index < -0.39 is 0 Å². The van der Waals surface area contributed by atoms with E-state index in [2.05, 4.69) is 65.9 Å². The van der Waals surface area contributed by atoms with Crippen molar-refractivity contribution in [1.82, 2.24) is 10.6 Å². The van der Waals surface area contributed by atoms with Crippen molar-refractivity contribution in [3.63, 3.8) is 0 Å². The van der Waals surface area contributed by atoms with Crippen LogP contribution in [0.5, 0.6) is 0 Å². The number of nitrogens with zero attached hydrogens (tertiary/aromatic N) is 1. The second-order valence-electron chi connectivity index (χ2n) is 6.49. The van der Waals surface area contributed by atoms with Crippen LogP contribution >= 0.6 is 0 Å². The lowest BCUT2D eigenvalue weighted by Crippen LogP contribution is -2.43. The highest BCUT2D eigenvalue weighted by molar-refractivity contribution is 5.80. The zero-order valence-corrected chi connectivity index (χ0v) is 16.6. The Balaban J connectivity index is 1.82. The molecule has 146 valence electrons. The molecule has 0 bridgehead atoms. The van der Waals surface area contributed by atoms with E-state index in [1.165, 1.54) is 11.1 Å². The van der Waals surface area contributed by atoms with Crippen LogP contribution in [0.1, 0.15) is 30.5 Å². The van der Waals surface area contributed by atoms with Crippen molar-refractivity contribution in [1.29, 1.82) is 0 Å². The molecule has 5 nitrogen and oxygen atoms in total. The molecule has 2 rings (SSSR count). The molecule has 0 aromatic heterocycles. The van der Waals surface area contributed by atoms with Crippen LogP contribution in [0.2, 0.25) is 0 Å². The molecule has 0 aliphatic carbocycles. The minimum atomic E-state index is 0.205. The maximum absolute atomic E-state index is 5.78. The summed E-state index contributed by atoms with van der Waals surface area (Å²) in [4.78, 5) is 4.65. The molecule has 1 atom stereocenters. The van der Waals surface area contributed by atoms with Crippen molar-refractivity contribution in [2.75, 3.05) is 20.3 Å². The van der Waals surface area contributed by atoms with Crippen LogP contribution in [0, 0.1) is 0 Å². The molecule has 2 aromatic rings. The topological polar surface area (TPSA) is 54.9 Å². The molecule has 5 heteroatoms. The fraction of sp³-hybridized carbons (Fsp3) is 0.409. The quantitative estimate of drug-likeness (QED) is 0.497. The zero-order chi connectivity index (χ0) is 19.3. The average molecular weight is 370 g/mol. The van der Waals surface area contributed by atoms with E-state index in [-0.39, 0.29) is 6.04 Å². The Morgan fingerprint density at radius 3 is 2.22 bits per heavy atom. The smallest absolute Gasteiger partial charge is 0.191 e. The summed E-state index contributed by atoms with van der Waals surface area (Å²) in [6, 6.07) is 18.8. The van der Waals surface area contributed by atoms with E-state index in [1.54, 1.807) is 7.11 Å². The monoisotopic (exact) mass is 369 g/mol. The molecule has 0 fully saturated rings. The van der Waals surface area contributed by atoms with Gasteiger partial charge in [0.2, 0.25) is 0 Å². The van der Waals surface area contributed by atoms with Gasteiger partial charge in [-0.3, -0.25) is 0 Å². The molecule has 0 saturated heterocycles. The second-order valence-corrected chi connectivity index (χ2v) is 6.49. The summed E-state index contributed by atoms with van der Waals surface area (Å²) >= 11 is 0. The van der Waals surface area contributed by atoms with Gasteiger partial charge in [0.15, 0.2) is 5.96 Å². The van der Waals surface area contributed by atoms with Crippen LogP contribution in [0.25, 0.3) is 0 Å². The van der Waals surface area contributed by atoms with Gasteiger partial charge in [-0.2, -0.15) is 0 Å². The Bertz CT molecular complexity index is 672. The maximum atomic E-state index is 5.78. The molecule has 0 heterocycles. The van der Waals surface area contributed by atoms with Crippen LogP contribution in [0.15, 0.2) is 59.6 Å². The van der Waals surface area contributed by atoms with Gasteiger partial charge >= 0.3 is 0 Å². The third kappa shape index (κ3) is 8.24. The zero-order valence-electron chi connectivity index (χ0n) is 16.6. The average Bonchev–Trinajstić information content (AvgIpc) is 2.68. The van der Waals surface area contributed by atoms with Crippen molar-refractivity contribution in [3.8, 4) is 0 Å². The van der Waals surface area contributed by atoms with Gasteiger partial charge < -0.3 is 20.1 Å². The van der Waals surface area contributed by atoms with E-state index in [0.717, 1.165) is 18.1 Å². The summed E-state index contributed by atoms with van der Waals surface area (Å²) in [6.07, 6.45) is 0. The Hall–Kier alpha value is -2.37. The number of methoxy groups -OCH3 is 1. The third-order valence-electron chi connectivity index (χ3n) is 3.97. The number of guanidine groups is 1. The lowest BCUT2D eigenvalue weighted by molar-refractivity contribution is 0.107. The Morgan fingerprint density at radius 2 is 1.59 bits per heavy atom. The number of hydrogen-bond donors (Lipinski definition) is 2. The molecule has 2 aromatic carbocycles. The van der Waals surface area contributed by atoms with Gasteiger partial charge in [0.25, 0.3) is 0 Å². The molecule has 0 amide bonds. The van der Waals surface area contributed by atoms with Gasteiger partial charge in [-0.1, -0.05) is 54.6 Å². The van der Waals surface area contributed by atoms with Crippen LogP contribution in [-0.2, 0) is 29.2 Å². The number of hydrogen-bond acceptors (Lipinski definition) is 3. The van der Waals surface area contributed by atoms with Gasteiger partial charge in [-0.25, -0.2) is 4.99 Å². The normalized spacial score (nSPS) is 12.6. The van der Waals surface area contributed by atoms with Crippen LogP contribution < -0.4 is 10.6 Å². The summed E-state index contributed by atoms with van der Waals surface area (Å²) in [6.45, 7) is 7.45. The lowest BCUT2D eigenvalue weighted by Gasteiger charge is -2.17. The summed E-state index contributed by atoms with van der Waals surface area (Å²) in [5, 5.41) is 6.60. The molecule has 1 unspecified atom stereocenters. The number of aliphatic imine (C=N–C) groups is 1. The van der Waals surface area contributed by atoms with Crippen LogP contribution in [-0.4, -0.2) is 32.3 Å². The Kier molecular flexibility index (Phi) is 9.38. The van der Waals surface area contributed by atoms with Crippen LogP contribution in [0.4, 0.5) is 0 Å². The number of rotatable bonds is 10. The summed E-state index contributed by atoms with van der Waals surface area (Å²) in [7, 11) is 1.70. The van der Waals surface area contributed by atoms with E-state index in [4.69, 9.17) is 9.47 Å². The fourth-order valence-corrected chi connectivity index (χ4v) is 2.62. The van der Waals surface area contributed by atoms with Gasteiger partial charge in [0, 0.05) is 19.7 Å². The predicted molar refractivity (Wildman–Crippen MR) is 111 cm³/mol. The number of ether oxygens (including phenoxy) is 2. The van der Waals surface area contributed by atoms with Crippen LogP contribution in [0.3, 0.4) is 0 Å². The maximum Gasteiger partial charge on any atom is 0.191 e.